The molecule has 2 rings (SSSR count). The minimum absolute atomic E-state index is 0.0827. The molecule has 0 bridgehead atoms. The van der Waals surface area contributed by atoms with Gasteiger partial charge in [0.1, 0.15) is 35.2 Å². The number of aromatic carboxylic acids is 1. The van der Waals surface area contributed by atoms with Crippen molar-refractivity contribution in [3.63, 3.8) is 0 Å². The van der Waals surface area contributed by atoms with E-state index in [1.54, 1.807) is 68.4 Å². The number of benzene rings is 2. The molecule has 2 aromatic rings. The van der Waals surface area contributed by atoms with Crippen LogP contribution in [0.5, 0.6) is 5.75 Å². The topological polar surface area (TPSA) is 129 Å². The monoisotopic (exact) mass is 585 g/mol. The van der Waals surface area contributed by atoms with Crippen LogP contribution in [0.25, 0.3) is 0 Å². The zero-order valence-corrected chi connectivity index (χ0v) is 26.0. The van der Waals surface area contributed by atoms with Crippen LogP contribution in [0.3, 0.4) is 0 Å². The molecule has 0 heterocycles. The molecule has 1 amide bonds. The van der Waals surface area contributed by atoms with Gasteiger partial charge in [0, 0.05) is 0 Å². The van der Waals surface area contributed by atoms with Gasteiger partial charge in [0.2, 0.25) is 0 Å². The molecule has 230 valence electrons. The maximum Gasteiger partial charge on any atom is 0.411 e. The molecule has 0 aliphatic heterocycles. The zero-order chi connectivity index (χ0) is 31.9. The van der Waals surface area contributed by atoms with Crippen LogP contribution in [0, 0.1) is 0 Å². The van der Waals surface area contributed by atoms with Gasteiger partial charge in [-0.15, -0.1) is 0 Å². The zero-order valence-electron chi connectivity index (χ0n) is 26.0. The average Bonchev–Trinajstić information content (AvgIpc) is 2.82. The highest BCUT2D eigenvalue weighted by atomic mass is 16.6. The minimum atomic E-state index is -1.43. The second kappa shape index (κ2) is 13.7. The normalized spacial score (nSPS) is 12.6. The summed E-state index contributed by atoms with van der Waals surface area (Å²) < 4.78 is 22.5. The van der Waals surface area contributed by atoms with Crippen molar-refractivity contribution in [3.05, 3.63) is 65.2 Å². The van der Waals surface area contributed by atoms with E-state index in [0.717, 1.165) is 10.5 Å². The van der Waals surface area contributed by atoms with E-state index in [0.29, 0.717) is 5.56 Å². The van der Waals surface area contributed by atoms with E-state index >= 15 is 0 Å². The van der Waals surface area contributed by atoms with Gasteiger partial charge >= 0.3 is 24.0 Å². The van der Waals surface area contributed by atoms with Gasteiger partial charge < -0.3 is 24.1 Å². The van der Waals surface area contributed by atoms with E-state index in [9.17, 15) is 24.3 Å². The second-order valence-corrected chi connectivity index (χ2v) is 12.9. The highest BCUT2D eigenvalue weighted by Gasteiger charge is 2.38. The van der Waals surface area contributed by atoms with E-state index in [1.807, 2.05) is 30.3 Å². The second-order valence-electron chi connectivity index (χ2n) is 12.9. The maximum atomic E-state index is 13.6. The molecule has 0 radical (unpaired) electrons. The van der Waals surface area contributed by atoms with Crippen molar-refractivity contribution in [2.75, 3.05) is 0 Å². The summed E-state index contributed by atoms with van der Waals surface area (Å²) in [7, 11) is 0. The third kappa shape index (κ3) is 12.2. The Balaban J connectivity index is 2.55. The average molecular weight is 586 g/mol. The number of hydrogen-bond acceptors (Lipinski definition) is 8. The molecule has 2 aromatic carbocycles. The fraction of sp³-hybridized carbons (Fsp3) is 0.500. The third-order valence-electron chi connectivity index (χ3n) is 5.28. The van der Waals surface area contributed by atoms with Crippen LogP contribution >= 0.6 is 0 Å². The SMILES string of the molecule is CC(C)(C)OC(=O)CC(C(=O)OC(C)(C)C)N(Cc1cc(OCc2ccccc2)cc(C(=O)O)c1)C(=O)OC(C)(C)C. The van der Waals surface area contributed by atoms with Gasteiger partial charge in [-0.1, -0.05) is 30.3 Å². The highest BCUT2D eigenvalue weighted by Crippen LogP contribution is 2.25. The van der Waals surface area contributed by atoms with E-state index in [1.165, 1.54) is 12.1 Å². The Hall–Kier alpha value is -4.08. The molecule has 0 spiro atoms. The lowest BCUT2D eigenvalue weighted by Crippen LogP contribution is -2.50. The summed E-state index contributed by atoms with van der Waals surface area (Å²) in [5, 5.41) is 9.77. The Kier molecular flexibility index (Phi) is 11.1. The summed E-state index contributed by atoms with van der Waals surface area (Å²) >= 11 is 0. The maximum absolute atomic E-state index is 13.6. The summed E-state index contributed by atoms with van der Waals surface area (Å²) in [5.74, 6) is -2.52. The predicted molar refractivity (Wildman–Crippen MR) is 156 cm³/mol. The molecule has 10 heteroatoms. The number of carboxylic acids is 1. The first-order chi connectivity index (χ1) is 19.2. The van der Waals surface area contributed by atoms with Gasteiger partial charge in [0.05, 0.1) is 18.5 Å². The number of ether oxygens (including phenoxy) is 4. The molecular formula is C32H43NO9. The van der Waals surface area contributed by atoms with Gasteiger partial charge in [-0.3, -0.25) is 9.69 Å². The molecular weight excluding hydrogens is 542 g/mol. The molecule has 0 saturated carbocycles. The van der Waals surface area contributed by atoms with Crippen LogP contribution in [0.2, 0.25) is 0 Å². The highest BCUT2D eigenvalue weighted by molar-refractivity contribution is 5.89. The van der Waals surface area contributed by atoms with Crippen molar-refractivity contribution in [2.45, 2.75) is 105 Å². The Morgan fingerprint density at radius 3 is 1.86 bits per heavy atom. The summed E-state index contributed by atoms with van der Waals surface area (Å²) in [5.41, 5.74) is -1.58. The lowest BCUT2D eigenvalue weighted by Gasteiger charge is -2.34. The van der Waals surface area contributed by atoms with Gasteiger partial charge in [0.25, 0.3) is 0 Å². The van der Waals surface area contributed by atoms with E-state index in [4.69, 9.17) is 18.9 Å². The van der Waals surface area contributed by atoms with Crippen molar-refractivity contribution in [1.29, 1.82) is 0 Å². The number of rotatable bonds is 10. The molecule has 1 unspecified atom stereocenters. The number of amides is 1. The van der Waals surface area contributed by atoms with Crippen LogP contribution < -0.4 is 4.74 Å². The van der Waals surface area contributed by atoms with Crippen LogP contribution in [-0.2, 0) is 37.0 Å². The smallest absolute Gasteiger partial charge is 0.411 e. The molecule has 0 aliphatic rings. The standard InChI is InChI=1S/C32H43NO9/c1-30(2,3)40-26(34)18-25(28(37)41-31(4,5)6)33(29(38)42-32(7,8)9)19-22-15-23(27(35)36)17-24(16-22)39-20-21-13-11-10-12-14-21/h10-17,25H,18-20H2,1-9H3,(H,35,36). The van der Waals surface area contributed by atoms with Crippen LogP contribution in [-0.4, -0.2) is 56.9 Å². The molecule has 0 aromatic heterocycles. The number of carboxylic acid groups (broad SMARTS) is 1. The lowest BCUT2D eigenvalue weighted by atomic mass is 10.1. The van der Waals surface area contributed by atoms with E-state index < -0.39 is 53.3 Å². The Morgan fingerprint density at radius 2 is 1.33 bits per heavy atom. The summed E-state index contributed by atoms with van der Waals surface area (Å²) in [6.45, 7) is 15.0. The van der Waals surface area contributed by atoms with Gasteiger partial charge in [-0.25, -0.2) is 14.4 Å². The lowest BCUT2D eigenvalue weighted by molar-refractivity contribution is -0.168. The van der Waals surface area contributed by atoms with Crippen molar-refractivity contribution in [3.8, 4) is 5.75 Å². The van der Waals surface area contributed by atoms with Gasteiger partial charge in [0.15, 0.2) is 0 Å². The molecule has 0 aliphatic carbocycles. The largest absolute Gasteiger partial charge is 0.489 e. The van der Waals surface area contributed by atoms with Crippen molar-refractivity contribution in [2.24, 2.45) is 0 Å². The first kappa shape index (κ1) is 34.1. The third-order valence-corrected chi connectivity index (χ3v) is 5.28. The molecule has 42 heavy (non-hydrogen) atoms. The molecule has 0 saturated heterocycles. The van der Waals surface area contributed by atoms with E-state index in [2.05, 4.69) is 0 Å². The van der Waals surface area contributed by atoms with Gasteiger partial charge in [-0.05, 0) is 91.6 Å². The number of esters is 2. The fourth-order valence-electron chi connectivity index (χ4n) is 3.75. The Morgan fingerprint density at radius 1 is 0.762 bits per heavy atom. The van der Waals surface area contributed by atoms with Crippen LogP contribution in [0.15, 0.2) is 48.5 Å². The van der Waals surface area contributed by atoms with Crippen LogP contribution in [0.1, 0.15) is 90.2 Å². The first-order valence-electron chi connectivity index (χ1n) is 13.7. The van der Waals surface area contributed by atoms with E-state index in [-0.39, 0.29) is 24.5 Å². The Bertz CT molecular complexity index is 1250. The molecule has 0 fully saturated rings. The number of carbonyl (C=O) groups is 4. The quantitative estimate of drug-likeness (QED) is 0.258. The summed E-state index contributed by atoms with van der Waals surface area (Å²) in [6, 6.07) is 12.2. The molecule has 1 N–H and O–H groups in total. The summed E-state index contributed by atoms with van der Waals surface area (Å²) in [4.78, 5) is 53.0. The van der Waals surface area contributed by atoms with Crippen molar-refractivity contribution >= 4 is 24.0 Å². The van der Waals surface area contributed by atoms with Crippen molar-refractivity contribution < 1.29 is 43.2 Å². The predicted octanol–water partition coefficient (Wildman–Crippen LogP) is 6.14. The Labute approximate surface area is 247 Å². The minimum Gasteiger partial charge on any atom is -0.489 e. The molecule has 10 nitrogen and oxygen atoms in total. The number of hydrogen-bond donors (Lipinski definition) is 1. The van der Waals surface area contributed by atoms with Crippen LogP contribution in [0.4, 0.5) is 4.79 Å². The molecule has 1 atom stereocenters. The van der Waals surface area contributed by atoms with Gasteiger partial charge in [-0.2, -0.15) is 0 Å². The first-order valence-corrected chi connectivity index (χ1v) is 13.7. The fourth-order valence-corrected chi connectivity index (χ4v) is 3.75. The van der Waals surface area contributed by atoms with Crippen molar-refractivity contribution in [1.82, 2.24) is 4.90 Å². The summed E-state index contributed by atoms with van der Waals surface area (Å²) in [6.07, 6.45) is -1.41. The number of nitrogens with zero attached hydrogens (tertiary/aromatic N) is 1. The number of carbonyl (C=O) groups excluding carboxylic acids is 3.